The summed E-state index contributed by atoms with van der Waals surface area (Å²) in [6.07, 6.45) is -5.19. The number of hydrogen-bond donors (Lipinski definition) is 3. The molecule has 4 nitrogen and oxygen atoms in total. The molecule has 0 amide bonds. The van der Waals surface area contributed by atoms with Crippen molar-refractivity contribution in [2.24, 2.45) is 5.73 Å². The maximum absolute atomic E-state index is 12.5. The van der Waals surface area contributed by atoms with Crippen LogP contribution in [-0.2, 0) is 4.79 Å². The summed E-state index contributed by atoms with van der Waals surface area (Å²) in [6, 6.07) is -1.25. The average Bonchev–Trinajstić information content (AvgIpc) is 2.11. The van der Waals surface area contributed by atoms with E-state index in [1.807, 2.05) is 0 Å². The second-order valence-electron chi connectivity index (χ2n) is 2.55. The molecule has 0 bridgehead atoms. The fourth-order valence-corrected chi connectivity index (χ4v) is 0.677. The largest absolute Gasteiger partial charge is 0.480 e. The molecule has 0 aromatic rings. The van der Waals surface area contributed by atoms with Crippen molar-refractivity contribution in [1.82, 2.24) is 5.54 Å². The Balaban J connectivity index is 3.69. The first kappa shape index (κ1) is 12.2. The fraction of sp³-hybridized carbons (Fsp3) is 0.833. The van der Waals surface area contributed by atoms with Gasteiger partial charge in [-0.2, -0.15) is 0 Å². The lowest BCUT2D eigenvalue weighted by Crippen LogP contribution is -2.33. The summed E-state index contributed by atoms with van der Waals surface area (Å²) in [4.78, 5) is 10.1. The molecule has 0 fully saturated rings. The third kappa shape index (κ3) is 4.69. The second-order valence-corrected chi connectivity index (χ2v) is 2.55. The molecule has 0 rings (SSSR count). The fourth-order valence-electron chi connectivity index (χ4n) is 0.677. The summed E-state index contributed by atoms with van der Waals surface area (Å²) in [5, 5.41) is 8.26. The lowest BCUT2D eigenvalue weighted by atomic mass is 10.1. The highest BCUT2D eigenvalue weighted by Gasteiger charge is 2.22. The second kappa shape index (κ2) is 5.76. The maximum atomic E-state index is 12.5. The van der Waals surface area contributed by atoms with E-state index >= 15 is 0 Å². The summed E-state index contributed by atoms with van der Waals surface area (Å²) in [7, 11) is 0. The highest BCUT2D eigenvalue weighted by molar-refractivity contribution is 5.72. The number of aliphatic carboxylic acids is 1. The van der Waals surface area contributed by atoms with Crippen LogP contribution in [0.25, 0.3) is 0 Å². The van der Waals surface area contributed by atoms with E-state index < -0.39 is 30.9 Å². The SMILES string of the molecule is N[C@@H](CCC(F)C(F)NF)C(=O)O. The Kier molecular flexibility index (Phi) is 5.40. The van der Waals surface area contributed by atoms with Crippen LogP contribution < -0.4 is 11.3 Å². The van der Waals surface area contributed by atoms with Gasteiger partial charge in [0.15, 0.2) is 0 Å². The van der Waals surface area contributed by atoms with Gasteiger partial charge in [0.1, 0.15) is 12.2 Å². The van der Waals surface area contributed by atoms with Crippen molar-refractivity contribution in [2.45, 2.75) is 31.4 Å². The van der Waals surface area contributed by atoms with Crippen molar-refractivity contribution in [2.75, 3.05) is 0 Å². The summed E-state index contributed by atoms with van der Waals surface area (Å²) in [5.74, 6) is -1.30. The highest BCUT2D eigenvalue weighted by Crippen LogP contribution is 2.09. The quantitative estimate of drug-likeness (QED) is 0.425. The van der Waals surface area contributed by atoms with Gasteiger partial charge in [0.05, 0.1) is 0 Å². The van der Waals surface area contributed by atoms with E-state index in [1.165, 1.54) is 0 Å². The van der Waals surface area contributed by atoms with Crippen LogP contribution >= 0.6 is 0 Å². The minimum absolute atomic E-state index is 0.238. The van der Waals surface area contributed by atoms with Gasteiger partial charge >= 0.3 is 5.97 Å². The molecule has 2 unspecified atom stereocenters. The third-order valence-corrected chi connectivity index (χ3v) is 1.49. The third-order valence-electron chi connectivity index (χ3n) is 1.49. The molecule has 0 saturated carbocycles. The molecular weight excluding hydrogens is 189 g/mol. The molecule has 13 heavy (non-hydrogen) atoms. The molecule has 0 heterocycles. The molecular formula is C6H11F3N2O2. The van der Waals surface area contributed by atoms with Gasteiger partial charge in [-0.15, -0.1) is 10.0 Å². The zero-order valence-corrected chi connectivity index (χ0v) is 6.71. The predicted octanol–water partition coefficient (Wildman–Crippen LogP) is 0.286. The molecule has 0 aromatic heterocycles. The first-order valence-corrected chi connectivity index (χ1v) is 3.61. The van der Waals surface area contributed by atoms with Gasteiger partial charge in [0.25, 0.3) is 0 Å². The van der Waals surface area contributed by atoms with Gasteiger partial charge in [-0.05, 0) is 12.8 Å². The highest BCUT2D eigenvalue weighted by atomic mass is 19.2. The van der Waals surface area contributed by atoms with Gasteiger partial charge in [-0.1, -0.05) is 0 Å². The zero-order chi connectivity index (χ0) is 10.4. The van der Waals surface area contributed by atoms with E-state index in [2.05, 4.69) is 0 Å². The topological polar surface area (TPSA) is 75.3 Å². The van der Waals surface area contributed by atoms with E-state index in [1.54, 1.807) is 0 Å². The Morgan fingerprint density at radius 3 is 2.38 bits per heavy atom. The van der Waals surface area contributed by atoms with E-state index in [-0.39, 0.29) is 6.42 Å². The Hall–Kier alpha value is -0.820. The van der Waals surface area contributed by atoms with Crippen LogP contribution in [0.1, 0.15) is 12.8 Å². The number of nitrogens with two attached hydrogens (primary N) is 1. The van der Waals surface area contributed by atoms with Gasteiger partial charge in [-0.3, -0.25) is 4.79 Å². The molecule has 0 aliphatic carbocycles. The van der Waals surface area contributed by atoms with Gasteiger partial charge in [0, 0.05) is 0 Å². The number of carbonyl (C=O) groups is 1. The van der Waals surface area contributed by atoms with Crippen molar-refractivity contribution in [3.05, 3.63) is 0 Å². The smallest absolute Gasteiger partial charge is 0.320 e. The first-order chi connectivity index (χ1) is 5.99. The molecule has 78 valence electrons. The molecule has 4 N–H and O–H groups in total. The van der Waals surface area contributed by atoms with Crippen LogP contribution in [-0.4, -0.2) is 29.6 Å². The number of carboxylic acid groups (broad SMARTS) is 1. The van der Waals surface area contributed by atoms with Gasteiger partial charge < -0.3 is 10.8 Å². The van der Waals surface area contributed by atoms with Gasteiger partial charge in [-0.25, -0.2) is 8.78 Å². The summed E-state index contributed by atoms with van der Waals surface area (Å²) in [6.45, 7) is 0. The van der Waals surface area contributed by atoms with E-state index in [0.717, 1.165) is 0 Å². The van der Waals surface area contributed by atoms with Crippen LogP contribution in [0.5, 0.6) is 0 Å². The maximum Gasteiger partial charge on any atom is 0.320 e. The number of hydrogen-bond acceptors (Lipinski definition) is 3. The Morgan fingerprint density at radius 2 is 2.00 bits per heavy atom. The average molecular weight is 200 g/mol. The van der Waals surface area contributed by atoms with Crippen LogP contribution in [0.15, 0.2) is 0 Å². The standard InChI is InChI=1S/C6H11F3N2O2/c7-3(5(8)11-9)1-2-4(10)6(12)13/h3-5,11H,1-2,10H2,(H,12,13)/t3?,4-,5?/m0/s1. The number of carboxylic acids is 1. The Labute approximate surface area is 72.8 Å². The van der Waals surface area contributed by atoms with Crippen molar-refractivity contribution in [3.63, 3.8) is 0 Å². The van der Waals surface area contributed by atoms with Crippen molar-refractivity contribution >= 4 is 5.97 Å². The minimum atomic E-state index is -2.43. The number of rotatable bonds is 6. The van der Waals surface area contributed by atoms with Crippen LogP contribution in [0.2, 0.25) is 0 Å². The summed E-state index contributed by atoms with van der Waals surface area (Å²) in [5.41, 5.74) is 5.59. The number of alkyl halides is 2. The minimum Gasteiger partial charge on any atom is -0.480 e. The lowest BCUT2D eigenvalue weighted by molar-refractivity contribution is -0.138. The first-order valence-electron chi connectivity index (χ1n) is 3.61. The van der Waals surface area contributed by atoms with Crippen molar-refractivity contribution in [3.8, 4) is 0 Å². The summed E-state index contributed by atoms with van der Waals surface area (Å²) < 4.78 is 35.9. The molecule has 0 aliphatic rings. The Morgan fingerprint density at radius 1 is 1.46 bits per heavy atom. The predicted molar refractivity (Wildman–Crippen MR) is 38.9 cm³/mol. The van der Waals surface area contributed by atoms with Gasteiger partial charge in [0.2, 0.25) is 6.30 Å². The van der Waals surface area contributed by atoms with Crippen LogP contribution in [0, 0.1) is 0 Å². The molecule has 3 atom stereocenters. The molecule has 7 heteroatoms. The van der Waals surface area contributed by atoms with E-state index in [0.29, 0.717) is 5.54 Å². The van der Waals surface area contributed by atoms with E-state index in [9.17, 15) is 18.1 Å². The van der Waals surface area contributed by atoms with Crippen molar-refractivity contribution in [1.29, 1.82) is 0 Å². The molecule has 0 saturated heterocycles. The van der Waals surface area contributed by atoms with Crippen molar-refractivity contribution < 1.29 is 23.2 Å². The molecule has 0 spiro atoms. The molecule has 0 aliphatic heterocycles. The van der Waals surface area contributed by atoms with E-state index in [4.69, 9.17) is 10.8 Å². The van der Waals surface area contributed by atoms with Crippen LogP contribution in [0.4, 0.5) is 13.3 Å². The van der Waals surface area contributed by atoms with Crippen LogP contribution in [0.3, 0.4) is 0 Å². The summed E-state index contributed by atoms with van der Waals surface area (Å²) >= 11 is 0. The Bertz CT molecular complexity index is 170. The monoisotopic (exact) mass is 200 g/mol. The lowest BCUT2D eigenvalue weighted by Gasteiger charge is -2.11. The molecule has 0 radical (unpaired) electrons. The number of nitrogens with one attached hydrogen (secondary N) is 1. The normalized spacial score (nSPS) is 17.8. The molecule has 0 aromatic carbocycles. The number of halogens is 3. The zero-order valence-electron chi connectivity index (χ0n) is 6.71.